The van der Waals surface area contributed by atoms with Crippen LogP contribution in [0.1, 0.15) is 18.1 Å². The summed E-state index contributed by atoms with van der Waals surface area (Å²) in [6.07, 6.45) is 0. The molecule has 0 aromatic heterocycles. The number of likely N-dealkylation sites (N-methyl/N-ethyl adjacent to an activating group) is 1. The van der Waals surface area contributed by atoms with Crippen molar-refractivity contribution in [2.45, 2.75) is 20.4 Å². The first-order chi connectivity index (χ1) is 12.1. The predicted octanol–water partition coefficient (Wildman–Crippen LogP) is 3.47. The second kappa shape index (κ2) is 9.08. The molecule has 2 aromatic carbocycles. The van der Waals surface area contributed by atoms with Crippen molar-refractivity contribution in [3.63, 3.8) is 0 Å². The molecule has 0 fully saturated rings. The Balaban J connectivity index is 2.04. The normalized spacial score (nSPS) is 10.6. The summed E-state index contributed by atoms with van der Waals surface area (Å²) in [7, 11) is 3.26. The second-order valence-corrected chi connectivity index (χ2v) is 5.87. The van der Waals surface area contributed by atoms with Crippen LogP contribution in [0.25, 0.3) is 0 Å². The summed E-state index contributed by atoms with van der Waals surface area (Å²) in [4.78, 5) is 14.5. The van der Waals surface area contributed by atoms with E-state index in [0.717, 1.165) is 17.9 Å². The molecule has 1 amide bonds. The molecule has 2 aromatic rings. The van der Waals surface area contributed by atoms with Crippen LogP contribution in [0.15, 0.2) is 42.5 Å². The van der Waals surface area contributed by atoms with Gasteiger partial charge in [-0.15, -0.1) is 0 Å². The van der Waals surface area contributed by atoms with E-state index in [-0.39, 0.29) is 5.91 Å². The van der Waals surface area contributed by atoms with Crippen LogP contribution < -0.4 is 14.8 Å². The first kappa shape index (κ1) is 18.8. The van der Waals surface area contributed by atoms with Gasteiger partial charge in [0, 0.05) is 12.1 Å². The van der Waals surface area contributed by atoms with Crippen molar-refractivity contribution in [3.8, 4) is 11.5 Å². The van der Waals surface area contributed by atoms with Crippen LogP contribution in [0.5, 0.6) is 11.5 Å². The Bertz CT molecular complexity index is 716. The van der Waals surface area contributed by atoms with Gasteiger partial charge in [0.2, 0.25) is 5.91 Å². The van der Waals surface area contributed by atoms with E-state index in [4.69, 9.17) is 9.47 Å². The molecular formula is C20H26N2O3. The number of hydrogen-bond acceptors (Lipinski definition) is 4. The molecule has 0 saturated carbocycles. The van der Waals surface area contributed by atoms with E-state index in [0.29, 0.717) is 24.5 Å². The van der Waals surface area contributed by atoms with E-state index in [1.807, 2.05) is 50.2 Å². The van der Waals surface area contributed by atoms with Crippen molar-refractivity contribution in [1.82, 2.24) is 4.90 Å². The third-order valence-electron chi connectivity index (χ3n) is 4.03. The minimum absolute atomic E-state index is 0.0713. The number of ether oxygens (including phenoxy) is 2. The fraction of sp³-hybridized carbons (Fsp3) is 0.350. The Morgan fingerprint density at radius 3 is 2.48 bits per heavy atom. The lowest BCUT2D eigenvalue weighted by Gasteiger charge is -2.21. The van der Waals surface area contributed by atoms with Crippen LogP contribution in [0.4, 0.5) is 5.69 Å². The quantitative estimate of drug-likeness (QED) is 0.798. The van der Waals surface area contributed by atoms with E-state index >= 15 is 0 Å². The molecule has 0 aliphatic heterocycles. The SMILES string of the molecule is CCN(CC(=O)Nc1ccccc1OC)Cc1cc(C)ccc1OC. The lowest BCUT2D eigenvalue weighted by atomic mass is 10.1. The summed E-state index contributed by atoms with van der Waals surface area (Å²) < 4.78 is 10.7. The molecule has 5 heteroatoms. The van der Waals surface area contributed by atoms with Crippen molar-refractivity contribution in [2.75, 3.05) is 32.6 Å². The molecule has 0 unspecified atom stereocenters. The Hall–Kier alpha value is -2.53. The summed E-state index contributed by atoms with van der Waals surface area (Å²) in [5.41, 5.74) is 2.93. The topological polar surface area (TPSA) is 50.8 Å². The summed E-state index contributed by atoms with van der Waals surface area (Å²) >= 11 is 0. The molecule has 0 radical (unpaired) electrons. The lowest BCUT2D eigenvalue weighted by molar-refractivity contribution is -0.117. The van der Waals surface area contributed by atoms with Gasteiger partial charge in [-0.2, -0.15) is 0 Å². The molecule has 0 bridgehead atoms. The molecule has 25 heavy (non-hydrogen) atoms. The first-order valence-corrected chi connectivity index (χ1v) is 8.36. The molecule has 134 valence electrons. The van der Waals surface area contributed by atoms with Gasteiger partial charge in [-0.3, -0.25) is 9.69 Å². The monoisotopic (exact) mass is 342 g/mol. The number of methoxy groups -OCH3 is 2. The standard InChI is InChI=1S/C20H26N2O3/c1-5-22(13-16-12-15(2)10-11-18(16)24-3)14-20(23)21-17-8-6-7-9-19(17)25-4/h6-12H,5,13-14H2,1-4H3,(H,21,23). The van der Waals surface area contributed by atoms with E-state index < -0.39 is 0 Å². The van der Waals surface area contributed by atoms with Crippen molar-refractivity contribution < 1.29 is 14.3 Å². The van der Waals surface area contributed by atoms with Gasteiger partial charge in [-0.05, 0) is 31.7 Å². The number of amides is 1. The van der Waals surface area contributed by atoms with Crippen LogP contribution in [-0.4, -0.2) is 38.1 Å². The largest absolute Gasteiger partial charge is 0.496 e. The van der Waals surface area contributed by atoms with E-state index in [1.165, 1.54) is 5.56 Å². The molecular weight excluding hydrogens is 316 g/mol. The Kier molecular flexibility index (Phi) is 6.83. The maximum atomic E-state index is 12.4. The average molecular weight is 342 g/mol. The number of aryl methyl sites for hydroxylation is 1. The minimum Gasteiger partial charge on any atom is -0.496 e. The highest BCUT2D eigenvalue weighted by Crippen LogP contribution is 2.24. The van der Waals surface area contributed by atoms with Gasteiger partial charge in [-0.25, -0.2) is 0 Å². The number of rotatable bonds is 8. The zero-order valence-corrected chi connectivity index (χ0v) is 15.3. The van der Waals surface area contributed by atoms with Gasteiger partial charge in [0.1, 0.15) is 11.5 Å². The van der Waals surface area contributed by atoms with E-state index in [2.05, 4.69) is 16.3 Å². The smallest absolute Gasteiger partial charge is 0.238 e. The maximum absolute atomic E-state index is 12.4. The zero-order valence-electron chi connectivity index (χ0n) is 15.3. The van der Waals surface area contributed by atoms with Crippen LogP contribution >= 0.6 is 0 Å². The van der Waals surface area contributed by atoms with Crippen LogP contribution in [0, 0.1) is 6.92 Å². The number of hydrogen-bond donors (Lipinski definition) is 1. The van der Waals surface area contributed by atoms with Gasteiger partial charge >= 0.3 is 0 Å². The molecule has 0 spiro atoms. The first-order valence-electron chi connectivity index (χ1n) is 8.36. The highest BCUT2D eigenvalue weighted by atomic mass is 16.5. The average Bonchev–Trinajstić information content (AvgIpc) is 2.61. The van der Waals surface area contributed by atoms with Crippen LogP contribution in [0.2, 0.25) is 0 Å². The van der Waals surface area contributed by atoms with Crippen molar-refractivity contribution in [2.24, 2.45) is 0 Å². The third kappa shape index (κ3) is 5.22. The fourth-order valence-electron chi connectivity index (χ4n) is 2.69. The maximum Gasteiger partial charge on any atom is 0.238 e. The third-order valence-corrected chi connectivity index (χ3v) is 4.03. The summed E-state index contributed by atoms with van der Waals surface area (Å²) in [5, 5.41) is 2.92. The summed E-state index contributed by atoms with van der Waals surface area (Å²) in [6, 6.07) is 13.5. The Morgan fingerprint density at radius 1 is 1.08 bits per heavy atom. The van der Waals surface area contributed by atoms with Crippen LogP contribution in [-0.2, 0) is 11.3 Å². The zero-order chi connectivity index (χ0) is 18.2. The van der Waals surface area contributed by atoms with Crippen LogP contribution in [0.3, 0.4) is 0 Å². The highest BCUT2D eigenvalue weighted by Gasteiger charge is 2.14. The fourth-order valence-corrected chi connectivity index (χ4v) is 2.69. The van der Waals surface area contributed by atoms with Gasteiger partial charge in [0.15, 0.2) is 0 Å². The molecule has 5 nitrogen and oxygen atoms in total. The molecule has 0 atom stereocenters. The number of para-hydroxylation sites is 2. The number of nitrogens with one attached hydrogen (secondary N) is 1. The lowest BCUT2D eigenvalue weighted by Crippen LogP contribution is -2.33. The molecule has 0 aliphatic carbocycles. The Morgan fingerprint density at radius 2 is 1.80 bits per heavy atom. The number of nitrogens with zero attached hydrogens (tertiary/aromatic N) is 1. The molecule has 0 aliphatic rings. The van der Waals surface area contributed by atoms with Gasteiger partial charge in [0.05, 0.1) is 26.5 Å². The molecule has 0 heterocycles. The molecule has 1 N–H and O–H groups in total. The predicted molar refractivity (Wildman–Crippen MR) is 100 cm³/mol. The Labute approximate surface area is 149 Å². The molecule has 0 saturated heterocycles. The second-order valence-electron chi connectivity index (χ2n) is 5.87. The summed E-state index contributed by atoms with van der Waals surface area (Å²) in [5.74, 6) is 1.42. The number of carbonyl (C=O) groups is 1. The van der Waals surface area contributed by atoms with Gasteiger partial charge in [0.25, 0.3) is 0 Å². The summed E-state index contributed by atoms with van der Waals surface area (Å²) in [6.45, 7) is 5.80. The van der Waals surface area contributed by atoms with Crippen molar-refractivity contribution >= 4 is 11.6 Å². The van der Waals surface area contributed by atoms with E-state index in [9.17, 15) is 4.79 Å². The highest BCUT2D eigenvalue weighted by molar-refractivity contribution is 5.93. The van der Waals surface area contributed by atoms with Crippen molar-refractivity contribution in [3.05, 3.63) is 53.6 Å². The van der Waals surface area contributed by atoms with E-state index in [1.54, 1.807) is 14.2 Å². The van der Waals surface area contributed by atoms with Gasteiger partial charge in [-0.1, -0.05) is 36.8 Å². The number of benzene rings is 2. The minimum atomic E-state index is -0.0713. The number of anilines is 1. The molecule has 2 rings (SSSR count). The van der Waals surface area contributed by atoms with Crippen molar-refractivity contribution in [1.29, 1.82) is 0 Å². The van der Waals surface area contributed by atoms with Gasteiger partial charge < -0.3 is 14.8 Å². The number of carbonyl (C=O) groups excluding carboxylic acids is 1.